The molecule has 0 saturated heterocycles. The van der Waals surface area contributed by atoms with E-state index in [1.807, 2.05) is 0 Å². The number of hydrogen-bond donors (Lipinski definition) is 2. The van der Waals surface area contributed by atoms with Crippen LogP contribution in [0.3, 0.4) is 0 Å². The lowest BCUT2D eigenvalue weighted by Gasteiger charge is -2.20. The van der Waals surface area contributed by atoms with Crippen molar-refractivity contribution < 1.29 is 19.8 Å². The molecule has 0 aromatic heterocycles. The van der Waals surface area contributed by atoms with Gasteiger partial charge in [-0.05, 0) is 82.0 Å². The van der Waals surface area contributed by atoms with Crippen molar-refractivity contribution in [1.82, 2.24) is 0 Å². The number of hydrogen-bond acceptors (Lipinski definition) is 4. The molecule has 2 aliphatic rings. The van der Waals surface area contributed by atoms with Crippen molar-refractivity contribution in [3.8, 4) is 11.5 Å². The summed E-state index contributed by atoms with van der Waals surface area (Å²) in [5.74, 6) is 0.112. The third-order valence-corrected chi connectivity index (χ3v) is 4.85. The zero-order chi connectivity index (χ0) is 21.1. The molecule has 2 N–H and O–H groups in total. The summed E-state index contributed by atoms with van der Waals surface area (Å²) in [6.45, 7) is 0. The van der Waals surface area contributed by atoms with Gasteiger partial charge in [0, 0.05) is 0 Å². The summed E-state index contributed by atoms with van der Waals surface area (Å²) in [5, 5.41) is 19.5. The summed E-state index contributed by atoms with van der Waals surface area (Å²) in [6.07, 6.45) is 13.0. The zero-order valence-corrected chi connectivity index (χ0v) is 15.9. The molecule has 0 spiro atoms. The van der Waals surface area contributed by atoms with Gasteiger partial charge in [-0.3, -0.25) is 9.59 Å². The summed E-state index contributed by atoms with van der Waals surface area (Å²) in [5.41, 5.74) is 4.96. The van der Waals surface area contributed by atoms with E-state index < -0.39 is 0 Å². The number of carbonyl (C=O) groups is 2. The van der Waals surface area contributed by atoms with E-state index in [1.54, 1.807) is 72.8 Å². The summed E-state index contributed by atoms with van der Waals surface area (Å²) in [4.78, 5) is 23.4. The Labute approximate surface area is 173 Å². The van der Waals surface area contributed by atoms with Gasteiger partial charge >= 0.3 is 0 Å². The van der Waals surface area contributed by atoms with E-state index >= 15 is 0 Å². The van der Waals surface area contributed by atoms with Gasteiger partial charge in [0.1, 0.15) is 11.5 Å². The predicted octanol–water partition coefficient (Wildman–Crippen LogP) is 4.70. The summed E-state index contributed by atoms with van der Waals surface area (Å²) in [6, 6.07) is 13.6. The number of rotatable bonds is 3. The minimum Gasteiger partial charge on any atom is -0.508 e. The SMILES string of the molecule is O=C1C=CC(=C(C(=C2C=CC(=O)C=C2)c2ccc(O)cc2)c2ccc(O)cc2)C=C1. The molecule has 0 bridgehead atoms. The van der Waals surface area contributed by atoms with E-state index in [4.69, 9.17) is 0 Å². The maximum Gasteiger partial charge on any atom is 0.178 e. The van der Waals surface area contributed by atoms with Crippen LogP contribution in [0.5, 0.6) is 11.5 Å². The van der Waals surface area contributed by atoms with Crippen molar-refractivity contribution in [3.05, 3.63) is 119 Å². The van der Waals surface area contributed by atoms with Crippen LogP contribution < -0.4 is 0 Å². The highest BCUT2D eigenvalue weighted by Crippen LogP contribution is 2.40. The first-order valence-corrected chi connectivity index (χ1v) is 9.39. The van der Waals surface area contributed by atoms with Crippen LogP contribution in [0, 0.1) is 0 Å². The van der Waals surface area contributed by atoms with Gasteiger partial charge in [-0.15, -0.1) is 0 Å². The molecule has 146 valence electrons. The van der Waals surface area contributed by atoms with Crippen LogP contribution in [0.1, 0.15) is 11.1 Å². The first kappa shape index (κ1) is 19.2. The molecule has 0 amide bonds. The maximum atomic E-state index is 11.7. The van der Waals surface area contributed by atoms with Gasteiger partial charge in [-0.1, -0.05) is 48.6 Å². The van der Waals surface area contributed by atoms with Crippen LogP contribution >= 0.6 is 0 Å². The average molecular weight is 394 g/mol. The normalized spacial score (nSPS) is 15.1. The third kappa shape index (κ3) is 3.98. The fourth-order valence-corrected chi connectivity index (χ4v) is 3.41. The minimum absolute atomic E-state index is 0.0919. The van der Waals surface area contributed by atoms with Crippen LogP contribution in [0.25, 0.3) is 11.1 Å². The molecule has 0 aliphatic heterocycles. The number of allylic oxidation sites excluding steroid dienone is 12. The number of carbonyl (C=O) groups excluding carboxylic acids is 2. The lowest BCUT2D eigenvalue weighted by atomic mass is 9.83. The molecule has 4 nitrogen and oxygen atoms in total. The Morgan fingerprint density at radius 2 is 0.767 bits per heavy atom. The van der Waals surface area contributed by atoms with Gasteiger partial charge in [0.2, 0.25) is 0 Å². The standard InChI is InChI=1S/C26H18O4/c27-21-9-1-17(2-10-21)25(18-3-11-22(28)12-4-18)26(19-5-13-23(29)14-6-19)20-7-15-24(30)16-8-20/h1-16,27,29H. The van der Waals surface area contributed by atoms with Crippen LogP contribution in [-0.2, 0) is 9.59 Å². The van der Waals surface area contributed by atoms with Gasteiger partial charge in [0.15, 0.2) is 11.6 Å². The van der Waals surface area contributed by atoms with E-state index in [0.717, 1.165) is 33.4 Å². The van der Waals surface area contributed by atoms with Crippen LogP contribution in [0.2, 0.25) is 0 Å². The number of phenolic OH excluding ortho intramolecular Hbond substituents is 2. The lowest BCUT2D eigenvalue weighted by Crippen LogP contribution is -2.02. The highest BCUT2D eigenvalue weighted by Gasteiger charge is 2.19. The molecular weight excluding hydrogens is 376 g/mol. The molecule has 0 radical (unpaired) electrons. The number of ketones is 2. The quantitative estimate of drug-likeness (QED) is 0.792. The second-order valence-electron chi connectivity index (χ2n) is 6.89. The molecule has 4 heteroatoms. The monoisotopic (exact) mass is 394 g/mol. The van der Waals surface area contributed by atoms with Gasteiger partial charge in [-0.2, -0.15) is 0 Å². The van der Waals surface area contributed by atoms with Crippen molar-refractivity contribution >= 4 is 22.7 Å². The molecule has 0 unspecified atom stereocenters. The van der Waals surface area contributed by atoms with E-state index in [9.17, 15) is 19.8 Å². The summed E-state index contributed by atoms with van der Waals surface area (Å²) < 4.78 is 0. The maximum absolute atomic E-state index is 11.7. The lowest BCUT2D eigenvalue weighted by molar-refractivity contribution is -0.111. The van der Waals surface area contributed by atoms with E-state index in [0.29, 0.717) is 0 Å². The average Bonchev–Trinajstić information content (AvgIpc) is 2.75. The fourth-order valence-electron chi connectivity index (χ4n) is 3.41. The van der Waals surface area contributed by atoms with Crippen LogP contribution in [-0.4, -0.2) is 21.8 Å². The predicted molar refractivity (Wildman–Crippen MR) is 117 cm³/mol. The van der Waals surface area contributed by atoms with Crippen molar-refractivity contribution in [1.29, 1.82) is 0 Å². The highest BCUT2D eigenvalue weighted by atomic mass is 16.3. The smallest absolute Gasteiger partial charge is 0.178 e. The highest BCUT2D eigenvalue weighted by molar-refractivity contribution is 6.13. The Bertz CT molecular complexity index is 1070. The van der Waals surface area contributed by atoms with Crippen molar-refractivity contribution in [2.45, 2.75) is 0 Å². The second kappa shape index (κ2) is 8.05. The molecule has 2 aromatic rings. The minimum atomic E-state index is -0.0919. The second-order valence-corrected chi connectivity index (χ2v) is 6.89. The first-order valence-electron chi connectivity index (χ1n) is 9.39. The number of benzene rings is 2. The Kier molecular flexibility index (Phi) is 5.14. The number of phenols is 2. The van der Waals surface area contributed by atoms with Gasteiger partial charge in [-0.25, -0.2) is 0 Å². The van der Waals surface area contributed by atoms with E-state index in [-0.39, 0.29) is 23.1 Å². The molecule has 0 saturated carbocycles. The topological polar surface area (TPSA) is 74.6 Å². The molecule has 0 atom stereocenters. The zero-order valence-electron chi connectivity index (χ0n) is 15.9. The first-order chi connectivity index (χ1) is 14.5. The Balaban J connectivity index is 2.04. The summed E-state index contributed by atoms with van der Waals surface area (Å²) >= 11 is 0. The van der Waals surface area contributed by atoms with Crippen LogP contribution in [0.4, 0.5) is 0 Å². The summed E-state index contributed by atoms with van der Waals surface area (Å²) in [7, 11) is 0. The molecule has 0 fully saturated rings. The molecule has 2 aromatic carbocycles. The van der Waals surface area contributed by atoms with Crippen molar-refractivity contribution in [2.24, 2.45) is 0 Å². The van der Waals surface area contributed by atoms with Gasteiger partial charge in [0.25, 0.3) is 0 Å². The largest absolute Gasteiger partial charge is 0.508 e. The Morgan fingerprint density at radius 3 is 1.07 bits per heavy atom. The Hall–Kier alpha value is -4.18. The van der Waals surface area contributed by atoms with Gasteiger partial charge in [0.05, 0.1) is 0 Å². The molecule has 30 heavy (non-hydrogen) atoms. The third-order valence-electron chi connectivity index (χ3n) is 4.85. The molecular formula is C26H18O4. The van der Waals surface area contributed by atoms with E-state index in [1.165, 1.54) is 24.3 Å². The molecule has 4 rings (SSSR count). The van der Waals surface area contributed by atoms with Crippen molar-refractivity contribution in [3.63, 3.8) is 0 Å². The van der Waals surface area contributed by atoms with E-state index in [2.05, 4.69) is 0 Å². The number of aromatic hydroxyl groups is 2. The molecule has 0 heterocycles. The van der Waals surface area contributed by atoms with Crippen molar-refractivity contribution in [2.75, 3.05) is 0 Å². The molecule has 2 aliphatic carbocycles. The van der Waals surface area contributed by atoms with Crippen LogP contribution in [0.15, 0.2) is 108 Å². The fraction of sp³-hybridized carbons (Fsp3) is 0. The van der Waals surface area contributed by atoms with Gasteiger partial charge < -0.3 is 10.2 Å². The Morgan fingerprint density at radius 1 is 0.467 bits per heavy atom.